The Balaban J connectivity index is 2.51. The van der Waals surface area contributed by atoms with Gasteiger partial charge in [-0.3, -0.25) is 4.79 Å². The number of hydrogen-bond donors (Lipinski definition) is 1. The monoisotopic (exact) mass is 258 g/mol. The number of hydrogen-bond acceptors (Lipinski definition) is 4. The Kier molecular flexibility index (Phi) is 6.60. The number of piperidine rings is 1. The van der Waals surface area contributed by atoms with Crippen LogP contribution in [0.25, 0.3) is 0 Å². The van der Waals surface area contributed by atoms with E-state index in [1.54, 1.807) is 14.2 Å². The van der Waals surface area contributed by atoms with Gasteiger partial charge in [-0.1, -0.05) is 13.8 Å². The van der Waals surface area contributed by atoms with Crippen molar-refractivity contribution in [1.29, 1.82) is 0 Å². The molecule has 106 valence electrons. The van der Waals surface area contributed by atoms with E-state index >= 15 is 0 Å². The molecule has 18 heavy (non-hydrogen) atoms. The van der Waals surface area contributed by atoms with Gasteiger partial charge >= 0.3 is 0 Å². The van der Waals surface area contributed by atoms with E-state index < -0.39 is 0 Å². The number of nitrogens with zero attached hydrogens (tertiary/aromatic N) is 1. The number of ether oxygens (including phenoxy) is 2. The summed E-state index contributed by atoms with van der Waals surface area (Å²) in [5, 5.41) is 3.32. The predicted molar refractivity (Wildman–Crippen MR) is 70.5 cm³/mol. The molecule has 1 N–H and O–H groups in total. The molecule has 1 amide bonds. The first kappa shape index (κ1) is 15.4. The maximum absolute atomic E-state index is 12.3. The van der Waals surface area contributed by atoms with Gasteiger partial charge in [0.25, 0.3) is 0 Å². The molecule has 0 saturated carbocycles. The van der Waals surface area contributed by atoms with Crippen LogP contribution in [0.2, 0.25) is 0 Å². The standard InChI is InChI=1S/C13H26N2O3/c1-10(2)14-12-6-5-7-15(13(12)16)8-11(18-4)9-17-3/h10-12,14H,5-9H2,1-4H3. The van der Waals surface area contributed by atoms with Crippen molar-refractivity contribution < 1.29 is 14.3 Å². The molecule has 5 heteroatoms. The van der Waals surface area contributed by atoms with Crippen LogP contribution in [-0.2, 0) is 14.3 Å². The van der Waals surface area contributed by atoms with Crippen LogP contribution in [0.4, 0.5) is 0 Å². The van der Waals surface area contributed by atoms with Crippen molar-refractivity contribution in [1.82, 2.24) is 10.2 Å². The van der Waals surface area contributed by atoms with E-state index in [0.717, 1.165) is 19.4 Å². The van der Waals surface area contributed by atoms with Gasteiger partial charge in [-0.2, -0.15) is 0 Å². The lowest BCUT2D eigenvalue weighted by Crippen LogP contribution is -2.54. The van der Waals surface area contributed by atoms with Gasteiger partial charge in [0.1, 0.15) is 0 Å². The minimum absolute atomic E-state index is 0.0428. The summed E-state index contributed by atoms with van der Waals surface area (Å²) in [7, 11) is 3.30. The van der Waals surface area contributed by atoms with Crippen LogP contribution >= 0.6 is 0 Å². The van der Waals surface area contributed by atoms with E-state index in [1.165, 1.54) is 0 Å². The zero-order valence-electron chi connectivity index (χ0n) is 11.9. The number of amides is 1. The molecule has 1 heterocycles. The van der Waals surface area contributed by atoms with Crippen molar-refractivity contribution in [3.05, 3.63) is 0 Å². The average Bonchev–Trinajstić information content (AvgIpc) is 2.32. The molecule has 0 spiro atoms. The van der Waals surface area contributed by atoms with Gasteiger partial charge in [0.15, 0.2) is 0 Å². The van der Waals surface area contributed by atoms with Crippen molar-refractivity contribution in [3.8, 4) is 0 Å². The zero-order chi connectivity index (χ0) is 13.5. The third-order valence-corrected chi connectivity index (χ3v) is 3.18. The fraction of sp³-hybridized carbons (Fsp3) is 0.923. The lowest BCUT2D eigenvalue weighted by atomic mass is 10.0. The molecule has 0 aromatic rings. The predicted octanol–water partition coefficient (Wildman–Crippen LogP) is 0.637. The Morgan fingerprint density at radius 2 is 2.17 bits per heavy atom. The fourth-order valence-electron chi connectivity index (χ4n) is 2.31. The Morgan fingerprint density at radius 3 is 2.72 bits per heavy atom. The van der Waals surface area contributed by atoms with E-state index in [2.05, 4.69) is 19.2 Å². The quantitative estimate of drug-likeness (QED) is 0.728. The first-order chi connectivity index (χ1) is 8.58. The third kappa shape index (κ3) is 4.55. The number of carbonyl (C=O) groups is 1. The molecule has 0 aliphatic carbocycles. The molecule has 1 fully saturated rings. The number of carbonyl (C=O) groups excluding carboxylic acids is 1. The molecule has 2 unspecified atom stereocenters. The minimum atomic E-state index is -0.0447. The molecule has 1 saturated heterocycles. The van der Waals surface area contributed by atoms with Gasteiger partial charge in [0.05, 0.1) is 18.8 Å². The Labute approximate surface area is 110 Å². The van der Waals surface area contributed by atoms with Crippen molar-refractivity contribution in [2.24, 2.45) is 0 Å². The summed E-state index contributed by atoms with van der Waals surface area (Å²) in [6, 6.07) is 0.287. The summed E-state index contributed by atoms with van der Waals surface area (Å²) in [6.07, 6.45) is 1.92. The van der Waals surface area contributed by atoms with Gasteiger partial charge in [-0.25, -0.2) is 0 Å². The normalized spacial score (nSPS) is 22.6. The van der Waals surface area contributed by atoms with Crippen LogP contribution in [0.5, 0.6) is 0 Å². The molecule has 1 rings (SSSR count). The van der Waals surface area contributed by atoms with E-state index in [-0.39, 0.29) is 18.1 Å². The van der Waals surface area contributed by atoms with Crippen LogP contribution < -0.4 is 5.32 Å². The van der Waals surface area contributed by atoms with Crippen molar-refractivity contribution in [2.45, 2.75) is 44.9 Å². The van der Waals surface area contributed by atoms with Gasteiger partial charge in [-0.15, -0.1) is 0 Å². The van der Waals surface area contributed by atoms with Gasteiger partial charge < -0.3 is 19.7 Å². The van der Waals surface area contributed by atoms with E-state index in [9.17, 15) is 4.79 Å². The summed E-state index contributed by atoms with van der Waals surface area (Å²) in [4.78, 5) is 14.2. The lowest BCUT2D eigenvalue weighted by molar-refractivity contribution is -0.138. The van der Waals surface area contributed by atoms with Crippen molar-refractivity contribution in [3.63, 3.8) is 0 Å². The summed E-state index contributed by atoms with van der Waals surface area (Å²) in [5.41, 5.74) is 0. The number of rotatable bonds is 7. The SMILES string of the molecule is COCC(CN1CCCC(NC(C)C)C1=O)OC. The second-order valence-electron chi connectivity index (χ2n) is 5.11. The number of likely N-dealkylation sites (tertiary alicyclic amines) is 1. The van der Waals surface area contributed by atoms with Crippen LogP contribution in [0.1, 0.15) is 26.7 Å². The maximum atomic E-state index is 12.3. The van der Waals surface area contributed by atoms with E-state index in [0.29, 0.717) is 19.2 Å². The fourth-order valence-corrected chi connectivity index (χ4v) is 2.31. The molecule has 0 aromatic carbocycles. The topological polar surface area (TPSA) is 50.8 Å². The minimum Gasteiger partial charge on any atom is -0.382 e. The second kappa shape index (κ2) is 7.71. The highest BCUT2D eigenvalue weighted by molar-refractivity contribution is 5.82. The van der Waals surface area contributed by atoms with Crippen molar-refractivity contribution >= 4 is 5.91 Å². The highest BCUT2D eigenvalue weighted by atomic mass is 16.5. The summed E-state index contributed by atoms with van der Waals surface area (Å²) in [6.45, 7) is 6.07. The van der Waals surface area contributed by atoms with Gasteiger partial charge in [0, 0.05) is 33.4 Å². The Morgan fingerprint density at radius 1 is 1.44 bits per heavy atom. The molecule has 0 radical (unpaired) electrons. The largest absolute Gasteiger partial charge is 0.382 e. The zero-order valence-corrected chi connectivity index (χ0v) is 11.9. The maximum Gasteiger partial charge on any atom is 0.239 e. The smallest absolute Gasteiger partial charge is 0.239 e. The molecule has 0 aromatic heterocycles. The Bertz CT molecular complexity index is 259. The summed E-state index contributed by atoms with van der Waals surface area (Å²) < 4.78 is 10.4. The van der Waals surface area contributed by atoms with Crippen LogP contribution in [0, 0.1) is 0 Å². The van der Waals surface area contributed by atoms with Gasteiger partial charge in [-0.05, 0) is 12.8 Å². The van der Waals surface area contributed by atoms with Crippen LogP contribution in [-0.4, -0.2) is 62.9 Å². The lowest BCUT2D eigenvalue weighted by Gasteiger charge is -2.35. The van der Waals surface area contributed by atoms with Crippen LogP contribution in [0.15, 0.2) is 0 Å². The van der Waals surface area contributed by atoms with E-state index in [4.69, 9.17) is 9.47 Å². The molecular formula is C13H26N2O3. The Hall–Kier alpha value is -0.650. The first-order valence-corrected chi connectivity index (χ1v) is 6.65. The van der Waals surface area contributed by atoms with Gasteiger partial charge in [0.2, 0.25) is 5.91 Å². The molecule has 1 aliphatic heterocycles. The summed E-state index contributed by atoms with van der Waals surface area (Å²) >= 11 is 0. The second-order valence-corrected chi connectivity index (χ2v) is 5.11. The van der Waals surface area contributed by atoms with E-state index in [1.807, 2.05) is 4.90 Å². The highest BCUT2D eigenvalue weighted by Gasteiger charge is 2.30. The number of nitrogens with one attached hydrogen (secondary N) is 1. The highest BCUT2D eigenvalue weighted by Crippen LogP contribution is 2.13. The average molecular weight is 258 g/mol. The number of methoxy groups -OCH3 is 2. The molecule has 0 bridgehead atoms. The molecule has 1 aliphatic rings. The summed E-state index contributed by atoms with van der Waals surface area (Å²) in [5.74, 6) is 0.188. The molecular weight excluding hydrogens is 232 g/mol. The first-order valence-electron chi connectivity index (χ1n) is 6.65. The molecule has 5 nitrogen and oxygen atoms in total. The molecule has 2 atom stereocenters. The third-order valence-electron chi connectivity index (χ3n) is 3.18. The van der Waals surface area contributed by atoms with Crippen molar-refractivity contribution in [2.75, 3.05) is 33.9 Å². The van der Waals surface area contributed by atoms with Crippen LogP contribution in [0.3, 0.4) is 0 Å².